The van der Waals surface area contributed by atoms with Gasteiger partial charge in [0.15, 0.2) is 6.04 Å². The largest absolute Gasteiger partial charge is 0.479 e. The van der Waals surface area contributed by atoms with Crippen LogP contribution in [0.3, 0.4) is 0 Å². The SMILES string of the molecule is O=C(O)C1C=CN(C(=O)O)C(C(=O)O)(C(=O)O)N1C(=O)O. The van der Waals surface area contributed by atoms with E-state index >= 15 is 0 Å². The number of carboxylic acid groups (broad SMARTS) is 5. The lowest BCUT2D eigenvalue weighted by Gasteiger charge is -2.44. The van der Waals surface area contributed by atoms with Crippen LogP contribution in [0, 0.1) is 0 Å². The Morgan fingerprint density at radius 3 is 1.62 bits per heavy atom. The predicted molar refractivity (Wildman–Crippen MR) is 58.3 cm³/mol. The summed E-state index contributed by atoms with van der Waals surface area (Å²) >= 11 is 0. The van der Waals surface area contributed by atoms with E-state index < -0.39 is 46.7 Å². The van der Waals surface area contributed by atoms with Crippen molar-refractivity contribution in [3.63, 3.8) is 0 Å². The number of carboxylic acids is 3. The average molecular weight is 304 g/mol. The zero-order valence-electron chi connectivity index (χ0n) is 9.90. The molecule has 1 unspecified atom stereocenters. The fraction of sp³-hybridized carbons (Fsp3) is 0.222. The van der Waals surface area contributed by atoms with Crippen molar-refractivity contribution in [1.82, 2.24) is 9.80 Å². The van der Waals surface area contributed by atoms with Crippen LogP contribution in [-0.4, -0.2) is 77.1 Å². The number of rotatable bonds is 3. The molecule has 21 heavy (non-hydrogen) atoms. The van der Waals surface area contributed by atoms with E-state index in [9.17, 15) is 24.0 Å². The van der Waals surface area contributed by atoms with Gasteiger partial charge in [0, 0.05) is 6.20 Å². The Labute approximate surface area is 114 Å². The second-order valence-corrected chi connectivity index (χ2v) is 3.71. The van der Waals surface area contributed by atoms with Crippen LogP contribution in [-0.2, 0) is 14.4 Å². The molecular formula is C9H8N2O10. The molecule has 5 N–H and O–H groups in total. The van der Waals surface area contributed by atoms with E-state index in [1.165, 1.54) is 0 Å². The van der Waals surface area contributed by atoms with Crippen molar-refractivity contribution in [2.24, 2.45) is 0 Å². The molecule has 1 rings (SSSR count). The van der Waals surface area contributed by atoms with Gasteiger partial charge in [0.2, 0.25) is 0 Å². The number of nitrogens with zero attached hydrogens (tertiary/aromatic N) is 2. The highest BCUT2D eigenvalue weighted by Gasteiger charge is 2.65. The quantitative estimate of drug-likeness (QED) is 0.395. The molecule has 114 valence electrons. The number of carbonyl (C=O) groups is 5. The van der Waals surface area contributed by atoms with Crippen LogP contribution >= 0.6 is 0 Å². The van der Waals surface area contributed by atoms with Gasteiger partial charge in [-0.1, -0.05) is 0 Å². The number of amides is 2. The van der Waals surface area contributed by atoms with Gasteiger partial charge in [0.25, 0.3) is 0 Å². The van der Waals surface area contributed by atoms with Crippen LogP contribution in [0.5, 0.6) is 0 Å². The average Bonchev–Trinajstić information content (AvgIpc) is 2.35. The summed E-state index contributed by atoms with van der Waals surface area (Å²) in [5.41, 5.74) is -3.66. The molecule has 12 nitrogen and oxygen atoms in total. The van der Waals surface area contributed by atoms with Crippen molar-refractivity contribution in [1.29, 1.82) is 0 Å². The Morgan fingerprint density at radius 2 is 1.33 bits per heavy atom. The van der Waals surface area contributed by atoms with E-state index in [-0.39, 0.29) is 4.90 Å². The number of hydrogen-bond donors (Lipinski definition) is 5. The molecule has 0 fully saturated rings. The molecule has 0 radical (unpaired) electrons. The maximum Gasteiger partial charge on any atom is 0.414 e. The predicted octanol–water partition coefficient (Wildman–Crippen LogP) is -1.21. The molecule has 0 saturated carbocycles. The third-order valence-electron chi connectivity index (χ3n) is 2.65. The molecule has 0 aromatic carbocycles. The summed E-state index contributed by atoms with van der Waals surface area (Å²) in [6.07, 6.45) is -3.41. The van der Waals surface area contributed by atoms with Gasteiger partial charge in [-0.25, -0.2) is 33.8 Å². The second-order valence-electron chi connectivity index (χ2n) is 3.71. The highest BCUT2D eigenvalue weighted by molar-refractivity contribution is 6.08. The van der Waals surface area contributed by atoms with Crippen LogP contribution in [0.2, 0.25) is 0 Å². The molecule has 0 aliphatic carbocycles. The first-order valence-corrected chi connectivity index (χ1v) is 5.00. The van der Waals surface area contributed by atoms with E-state index in [1.54, 1.807) is 0 Å². The normalized spacial score (nSPS) is 19.9. The fourth-order valence-corrected chi connectivity index (χ4v) is 1.83. The van der Waals surface area contributed by atoms with E-state index in [0.29, 0.717) is 12.3 Å². The Morgan fingerprint density at radius 1 is 0.857 bits per heavy atom. The van der Waals surface area contributed by atoms with E-state index in [4.69, 9.17) is 25.5 Å². The highest BCUT2D eigenvalue weighted by atomic mass is 16.4. The molecular weight excluding hydrogens is 296 g/mol. The minimum atomic E-state index is -3.66. The lowest BCUT2D eigenvalue weighted by Crippen LogP contribution is -2.75. The molecule has 0 bridgehead atoms. The summed E-state index contributed by atoms with van der Waals surface area (Å²) in [7, 11) is 0. The Bertz CT molecular complexity index is 553. The lowest BCUT2D eigenvalue weighted by atomic mass is 10.0. The zero-order valence-corrected chi connectivity index (χ0v) is 9.90. The monoisotopic (exact) mass is 304 g/mol. The van der Waals surface area contributed by atoms with Crippen molar-refractivity contribution < 1.29 is 49.5 Å². The van der Waals surface area contributed by atoms with Crippen LogP contribution in [0.1, 0.15) is 0 Å². The first-order valence-electron chi connectivity index (χ1n) is 5.00. The second kappa shape index (κ2) is 4.99. The van der Waals surface area contributed by atoms with Gasteiger partial charge in [0.05, 0.1) is 0 Å². The molecule has 1 heterocycles. The van der Waals surface area contributed by atoms with Gasteiger partial charge >= 0.3 is 35.8 Å². The third kappa shape index (κ3) is 2.07. The zero-order chi connectivity index (χ0) is 16.5. The van der Waals surface area contributed by atoms with E-state index in [2.05, 4.69) is 0 Å². The Hall–Kier alpha value is -3.31. The van der Waals surface area contributed by atoms with Gasteiger partial charge in [-0.15, -0.1) is 0 Å². The number of hydrogen-bond acceptors (Lipinski definition) is 5. The molecule has 0 aromatic rings. The summed E-state index contributed by atoms with van der Waals surface area (Å²) in [5.74, 6) is -6.63. The lowest BCUT2D eigenvalue weighted by molar-refractivity contribution is -0.182. The van der Waals surface area contributed by atoms with Crippen molar-refractivity contribution in [2.75, 3.05) is 0 Å². The Balaban J connectivity index is 3.75. The van der Waals surface area contributed by atoms with Crippen LogP contribution < -0.4 is 0 Å². The molecule has 1 aliphatic heterocycles. The minimum Gasteiger partial charge on any atom is -0.479 e. The summed E-state index contributed by atoms with van der Waals surface area (Å²) in [6, 6.07) is -2.19. The van der Waals surface area contributed by atoms with Gasteiger partial charge in [-0.3, -0.25) is 0 Å². The summed E-state index contributed by atoms with van der Waals surface area (Å²) in [4.78, 5) is 54.9. The maximum atomic E-state index is 11.3. The van der Waals surface area contributed by atoms with E-state index in [1.807, 2.05) is 0 Å². The molecule has 0 aromatic heterocycles. The smallest absolute Gasteiger partial charge is 0.414 e. The third-order valence-corrected chi connectivity index (χ3v) is 2.65. The van der Waals surface area contributed by atoms with Crippen LogP contribution in [0.4, 0.5) is 9.59 Å². The summed E-state index contributed by atoms with van der Waals surface area (Å²) < 4.78 is 0. The number of aliphatic carboxylic acids is 3. The fourth-order valence-electron chi connectivity index (χ4n) is 1.83. The minimum absolute atomic E-state index is 0.314. The van der Waals surface area contributed by atoms with Crippen molar-refractivity contribution >= 4 is 30.1 Å². The van der Waals surface area contributed by atoms with Crippen LogP contribution in [0.15, 0.2) is 12.3 Å². The molecule has 12 heteroatoms. The molecule has 2 amide bonds. The molecule has 0 saturated heterocycles. The van der Waals surface area contributed by atoms with Gasteiger partial charge in [-0.2, -0.15) is 0 Å². The van der Waals surface area contributed by atoms with Crippen LogP contribution in [0.25, 0.3) is 0 Å². The Kier molecular flexibility index (Phi) is 3.74. The maximum absolute atomic E-state index is 11.3. The summed E-state index contributed by atoms with van der Waals surface area (Å²) in [6.45, 7) is 0. The molecule has 1 atom stereocenters. The highest BCUT2D eigenvalue weighted by Crippen LogP contribution is 2.30. The van der Waals surface area contributed by atoms with Gasteiger partial charge < -0.3 is 25.5 Å². The van der Waals surface area contributed by atoms with Gasteiger partial charge in [0.1, 0.15) is 0 Å². The van der Waals surface area contributed by atoms with E-state index in [0.717, 1.165) is 0 Å². The molecule has 0 spiro atoms. The standard InChI is InChI=1S/C9H8N2O10/c12-4(13)3-1-2-10(7(18)19)9(5(14)15,6(16)17)11(3)8(20)21/h1-3H,(H,12,13)(H,14,15)(H,16,17)(H,18,19)(H,20,21). The summed E-state index contributed by atoms with van der Waals surface area (Å²) in [5, 5.41) is 44.9. The van der Waals surface area contributed by atoms with Crippen molar-refractivity contribution in [3.05, 3.63) is 12.3 Å². The van der Waals surface area contributed by atoms with Gasteiger partial charge in [-0.05, 0) is 6.08 Å². The molecule has 1 aliphatic rings. The first kappa shape index (κ1) is 15.7. The van der Waals surface area contributed by atoms with Crippen molar-refractivity contribution in [3.8, 4) is 0 Å². The van der Waals surface area contributed by atoms with Crippen molar-refractivity contribution in [2.45, 2.75) is 11.7 Å². The topological polar surface area (TPSA) is 193 Å². The first-order chi connectivity index (χ1) is 9.58.